The van der Waals surface area contributed by atoms with Crippen LogP contribution in [0.15, 0.2) is 35.3 Å². The molecule has 0 unspecified atom stereocenters. The van der Waals surface area contributed by atoms with Gasteiger partial charge in [-0.1, -0.05) is 19.1 Å². The lowest BCUT2D eigenvalue weighted by atomic mass is 10.2. The van der Waals surface area contributed by atoms with E-state index in [0.717, 1.165) is 38.4 Å². The van der Waals surface area contributed by atoms with E-state index in [9.17, 15) is 0 Å². The fourth-order valence-corrected chi connectivity index (χ4v) is 1.68. The van der Waals surface area contributed by atoms with E-state index >= 15 is 0 Å². The fourth-order valence-electron chi connectivity index (χ4n) is 1.68. The zero-order chi connectivity index (χ0) is 12.7. The summed E-state index contributed by atoms with van der Waals surface area (Å²) in [7, 11) is 0. The van der Waals surface area contributed by atoms with Crippen molar-refractivity contribution in [2.45, 2.75) is 20.3 Å². The summed E-state index contributed by atoms with van der Waals surface area (Å²) >= 11 is 0. The summed E-state index contributed by atoms with van der Waals surface area (Å²) < 4.78 is 5.31. The van der Waals surface area contributed by atoms with E-state index < -0.39 is 0 Å². The monoisotopic (exact) mass is 237 g/mol. The van der Waals surface area contributed by atoms with Gasteiger partial charge in [0.05, 0.1) is 24.6 Å². The average molecular weight is 237 g/mol. The predicted molar refractivity (Wildman–Crippen MR) is 71.0 cm³/mol. The maximum Gasteiger partial charge on any atom is 0.0739 e. The van der Waals surface area contributed by atoms with Crippen molar-refractivity contribution in [3.63, 3.8) is 0 Å². The Labute approximate surface area is 104 Å². The van der Waals surface area contributed by atoms with Gasteiger partial charge in [0.1, 0.15) is 0 Å². The molecule has 0 aromatic rings. The third kappa shape index (κ3) is 4.15. The minimum Gasteiger partial charge on any atom is -0.397 e. The molecule has 1 fully saturated rings. The third-order valence-electron chi connectivity index (χ3n) is 2.83. The van der Waals surface area contributed by atoms with Crippen molar-refractivity contribution < 1.29 is 4.74 Å². The Morgan fingerprint density at radius 1 is 1.29 bits per heavy atom. The second-order valence-electron chi connectivity index (χ2n) is 4.06. The van der Waals surface area contributed by atoms with Crippen LogP contribution in [0.5, 0.6) is 0 Å². The quantitative estimate of drug-likeness (QED) is 0.724. The van der Waals surface area contributed by atoms with E-state index in [1.165, 1.54) is 0 Å². The molecule has 0 radical (unpaired) electrons. The average Bonchev–Trinajstić information content (AvgIpc) is 2.38. The first-order valence-corrected chi connectivity index (χ1v) is 6.08. The summed E-state index contributed by atoms with van der Waals surface area (Å²) in [6, 6.07) is 0. The Morgan fingerprint density at radius 2 is 1.94 bits per heavy atom. The van der Waals surface area contributed by atoms with Crippen molar-refractivity contribution >= 4 is 0 Å². The second-order valence-corrected chi connectivity index (χ2v) is 4.06. The van der Waals surface area contributed by atoms with Gasteiger partial charge in [-0.25, -0.2) is 0 Å². The van der Waals surface area contributed by atoms with Crippen LogP contribution in [0.4, 0.5) is 0 Å². The fraction of sp³-hybridized carbons (Fsp3) is 0.538. The number of hydrogen-bond donors (Lipinski definition) is 2. The zero-order valence-electron chi connectivity index (χ0n) is 10.8. The standard InChI is InChI=1S/C13H23N3O/c1-3-4-5-6-12(14)13(15)11(2)16-7-9-17-10-8-16/h4-6H,3,7-10,14-15H2,1-2H3/b5-4+,12-6+,13-11-. The molecule has 17 heavy (non-hydrogen) atoms. The molecule has 1 aliphatic rings. The van der Waals surface area contributed by atoms with E-state index in [1.54, 1.807) is 0 Å². The molecule has 0 spiro atoms. The molecule has 1 rings (SSSR count). The highest BCUT2D eigenvalue weighted by atomic mass is 16.5. The van der Waals surface area contributed by atoms with Gasteiger partial charge in [0.2, 0.25) is 0 Å². The molecule has 1 aliphatic heterocycles. The van der Waals surface area contributed by atoms with E-state index in [-0.39, 0.29) is 0 Å². The predicted octanol–water partition coefficient (Wildman–Crippen LogP) is 1.32. The van der Waals surface area contributed by atoms with Gasteiger partial charge >= 0.3 is 0 Å². The van der Waals surface area contributed by atoms with Crippen molar-refractivity contribution in [2.75, 3.05) is 26.3 Å². The van der Waals surface area contributed by atoms with Crippen molar-refractivity contribution in [1.82, 2.24) is 4.90 Å². The second kappa shape index (κ2) is 7.01. The van der Waals surface area contributed by atoms with Gasteiger partial charge in [-0.05, 0) is 19.4 Å². The van der Waals surface area contributed by atoms with Gasteiger partial charge in [-0.2, -0.15) is 0 Å². The molecule has 0 amide bonds. The summed E-state index contributed by atoms with van der Waals surface area (Å²) in [5.41, 5.74) is 14.3. The van der Waals surface area contributed by atoms with Crippen LogP contribution < -0.4 is 11.5 Å². The molecule has 0 aromatic heterocycles. The molecule has 1 heterocycles. The molecule has 0 aliphatic carbocycles. The number of ether oxygens (including phenoxy) is 1. The van der Waals surface area contributed by atoms with E-state index in [0.29, 0.717) is 11.4 Å². The molecule has 4 nitrogen and oxygen atoms in total. The van der Waals surface area contributed by atoms with Crippen LogP contribution in [0.1, 0.15) is 20.3 Å². The van der Waals surface area contributed by atoms with Crippen molar-refractivity contribution in [3.8, 4) is 0 Å². The Balaban J connectivity index is 2.72. The first kappa shape index (κ1) is 13.6. The highest BCUT2D eigenvalue weighted by molar-refractivity contribution is 5.32. The summed E-state index contributed by atoms with van der Waals surface area (Å²) in [5, 5.41) is 0. The Kier molecular flexibility index (Phi) is 5.63. The molecule has 4 N–H and O–H groups in total. The Bertz CT molecular complexity index is 326. The highest BCUT2D eigenvalue weighted by Gasteiger charge is 2.13. The minimum absolute atomic E-state index is 0.624. The van der Waals surface area contributed by atoms with Gasteiger partial charge in [0, 0.05) is 18.8 Å². The summed E-state index contributed by atoms with van der Waals surface area (Å²) in [5.74, 6) is 0. The number of hydrogen-bond acceptors (Lipinski definition) is 4. The normalized spacial score (nSPS) is 19.6. The molecule has 0 bridgehead atoms. The maximum atomic E-state index is 6.04. The van der Waals surface area contributed by atoms with Crippen LogP contribution in [-0.2, 0) is 4.74 Å². The van der Waals surface area contributed by atoms with Crippen LogP contribution in [0.25, 0.3) is 0 Å². The largest absolute Gasteiger partial charge is 0.397 e. The molecular formula is C13H23N3O. The van der Waals surface area contributed by atoms with Gasteiger partial charge in [-0.15, -0.1) is 0 Å². The summed E-state index contributed by atoms with van der Waals surface area (Å²) in [6.07, 6.45) is 6.83. The first-order chi connectivity index (χ1) is 8.16. The van der Waals surface area contributed by atoms with Crippen molar-refractivity contribution in [1.29, 1.82) is 0 Å². The van der Waals surface area contributed by atoms with Gasteiger partial charge in [0.15, 0.2) is 0 Å². The number of morpholine rings is 1. The topological polar surface area (TPSA) is 64.5 Å². The zero-order valence-corrected chi connectivity index (χ0v) is 10.8. The molecule has 96 valence electrons. The lowest BCUT2D eigenvalue weighted by molar-refractivity contribution is 0.0533. The third-order valence-corrected chi connectivity index (χ3v) is 2.83. The molecule has 0 aromatic carbocycles. The lowest BCUT2D eigenvalue weighted by Gasteiger charge is -2.30. The van der Waals surface area contributed by atoms with Crippen LogP contribution in [0, 0.1) is 0 Å². The number of rotatable bonds is 4. The SMILES string of the molecule is CC/C=C/C=C(N)\C(N)=C(/C)N1CCOCC1. The van der Waals surface area contributed by atoms with E-state index in [2.05, 4.69) is 11.8 Å². The van der Waals surface area contributed by atoms with Crippen LogP contribution in [-0.4, -0.2) is 31.2 Å². The number of allylic oxidation sites excluding steroid dienone is 4. The first-order valence-electron chi connectivity index (χ1n) is 6.08. The number of nitrogens with zero attached hydrogens (tertiary/aromatic N) is 1. The van der Waals surface area contributed by atoms with E-state index in [1.807, 2.05) is 25.2 Å². The van der Waals surface area contributed by atoms with Crippen molar-refractivity contribution in [2.24, 2.45) is 11.5 Å². The summed E-state index contributed by atoms with van der Waals surface area (Å²) in [4.78, 5) is 2.21. The van der Waals surface area contributed by atoms with Gasteiger partial charge in [0.25, 0.3) is 0 Å². The Morgan fingerprint density at radius 3 is 2.53 bits per heavy atom. The maximum absolute atomic E-state index is 6.04. The van der Waals surface area contributed by atoms with Gasteiger partial charge in [-0.3, -0.25) is 0 Å². The van der Waals surface area contributed by atoms with Crippen LogP contribution in [0.2, 0.25) is 0 Å². The smallest absolute Gasteiger partial charge is 0.0739 e. The molecule has 1 saturated heterocycles. The molecule has 0 saturated carbocycles. The molecule has 4 heteroatoms. The van der Waals surface area contributed by atoms with Crippen LogP contribution in [0.3, 0.4) is 0 Å². The number of nitrogens with two attached hydrogens (primary N) is 2. The Hall–Kier alpha value is -1.42. The van der Waals surface area contributed by atoms with Crippen LogP contribution >= 0.6 is 0 Å². The summed E-state index contributed by atoms with van der Waals surface area (Å²) in [6.45, 7) is 7.35. The van der Waals surface area contributed by atoms with Crippen molar-refractivity contribution in [3.05, 3.63) is 35.3 Å². The minimum atomic E-state index is 0.624. The molecular weight excluding hydrogens is 214 g/mol. The lowest BCUT2D eigenvalue weighted by Crippen LogP contribution is -2.36. The van der Waals surface area contributed by atoms with Gasteiger partial charge < -0.3 is 21.1 Å². The van der Waals surface area contributed by atoms with E-state index in [4.69, 9.17) is 16.2 Å². The highest BCUT2D eigenvalue weighted by Crippen LogP contribution is 2.12. The molecule has 0 atom stereocenters.